The second kappa shape index (κ2) is 7.08. The Bertz CT molecular complexity index is 487. The SMILES string of the molecule is CCC[N+](C)(CC)C(C)C(=O)Nc1c(C)cc(C)cc1C. The summed E-state index contributed by atoms with van der Waals surface area (Å²) in [5.74, 6) is 0.114. The molecule has 21 heavy (non-hydrogen) atoms. The van der Waals surface area contributed by atoms with Gasteiger partial charge in [0.15, 0.2) is 6.04 Å². The lowest BCUT2D eigenvalue weighted by atomic mass is 10.0. The van der Waals surface area contributed by atoms with Gasteiger partial charge in [0.05, 0.1) is 20.1 Å². The van der Waals surface area contributed by atoms with Gasteiger partial charge in [0.25, 0.3) is 5.91 Å². The molecule has 0 aliphatic rings. The van der Waals surface area contributed by atoms with Gasteiger partial charge in [-0.05, 0) is 52.2 Å². The van der Waals surface area contributed by atoms with Crippen molar-refractivity contribution in [2.75, 3.05) is 25.5 Å². The summed E-state index contributed by atoms with van der Waals surface area (Å²) < 4.78 is 0.784. The van der Waals surface area contributed by atoms with E-state index in [9.17, 15) is 4.79 Å². The summed E-state index contributed by atoms with van der Waals surface area (Å²) in [6.45, 7) is 14.5. The van der Waals surface area contributed by atoms with Crippen LogP contribution in [0.25, 0.3) is 0 Å². The molecule has 0 bridgehead atoms. The number of carbonyl (C=O) groups excluding carboxylic acids is 1. The second-order valence-electron chi connectivity index (χ2n) is 6.46. The fourth-order valence-electron chi connectivity index (χ4n) is 3.02. The fraction of sp³-hybridized carbons (Fsp3) is 0.611. The molecule has 0 fully saturated rings. The molecule has 0 saturated carbocycles. The Kier molecular flexibility index (Phi) is 5.97. The van der Waals surface area contributed by atoms with Crippen molar-refractivity contribution in [1.29, 1.82) is 0 Å². The van der Waals surface area contributed by atoms with Crippen LogP contribution in [0.2, 0.25) is 0 Å². The zero-order valence-electron chi connectivity index (χ0n) is 14.7. The number of hydrogen-bond acceptors (Lipinski definition) is 1. The summed E-state index contributed by atoms with van der Waals surface area (Å²) in [5.41, 5.74) is 4.47. The van der Waals surface area contributed by atoms with Gasteiger partial charge in [-0.2, -0.15) is 0 Å². The molecular weight excluding hydrogens is 260 g/mol. The van der Waals surface area contributed by atoms with E-state index in [1.165, 1.54) is 5.56 Å². The number of anilines is 1. The molecule has 1 rings (SSSR count). The third-order valence-electron chi connectivity index (χ3n) is 4.70. The Labute approximate surface area is 129 Å². The first-order chi connectivity index (χ1) is 9.75. The van der Waals surface area contributed by atoms with Crippen molar-refractivity contribution in [3.63, 3.8) is 0 Å². The molecule has 3 nitrogen and oxygen atoms in total. The summed E-state index contributed by atoms with van der Waals surface area (Å²) in [6, 6.07) is 4.19. The molecule has 1 N–H and O–H groups in total. The van der Waals surface area contributed by atoms with E-state index in [1.807, 2.05) is 6.92 Å². The van der Waals surface area contributed by atoms with Crippen molar-refractivity contribution in [3.05, 3.63) is 28.8 Å². The standard InChI is InChI=1S/C18H30N2O/c1-8-10-20(7,9-2)16(6)18(21)19-17-14(4)11-13(3)12-15(17)5/h11-12,16H,8-10H2,1-7H3/p+1. The van der Waals surface area contributed by atoms with Crippen LogP contribution in [0.1, 0.15) is 43.9 Å². The van der Waals surface area contributed by atoms with Gasteiger partial charge in [-0.15, -0.1) is 0 Å². The van der Waals surface area contributed by atoms with Gasteiger partial charge in [-0.1, -0.05) is 24.6 Å². The molecule has 0 aliphatic carbocycles. The largest absolute Gasteiger partial charge is 0.320 e. The molecule has 0 radical (unpaired) electrons. The number of quaternary nitrogens is 1. The van der Waals surface area contributed by atoms with E-state index in [0.717, 1.165) is 40.8 Å². The van der Waals surface area contributed by atoms with E-state index in [1.54, 1.807) is 0 Å². The third-order valence-corrected chi connectivity index (χ3v) is 4.70. The first-order valence-corrected chi connectivity index (χ1v) is 7.98. The number of hydrogen-bond donors (Lipinski definition) is 1. The highest BCUT2D eigenvalue weighted by Crippen LogP contribution is 2.23. The van der Waals surface area contributed by atoms with Crippen molar-refractivity contribution in [1.82, 2.24) is 0 Å². The predicted molar refractivity (Wildman–Crippen MR) is 90.6 cm³/mol. The van der Waals surface area contributed by atoms with Crippen molar-refractivity contribution < 1.29 is 9.28 Å². The normalized spacial score (nSPS) is 15.4. The van der Waals surface area contributed by atoms with Crippen LogP contribution in [-0.4, -0.2) is 36.6 Å². The van der Waals surface area contributed by atoms with Gasteiger partial charge in [-0.3, -0.25) is 4.79 Å². The third kappa shape index (κ3) is 4.07. The van der Waals surface area contributed by atoms with Crippen LogP contribution in [0.5, 0.6) is 0 Å². The number of nitrogens with one attached hydrogen (secondary N) is 1. The van der Waals surface area contributed by atoms with Crippen molar-refractivity contribution >= 4 is 11.6 Å². The lowest BCUT2D eigenvalue weighted by molar-refractivity contribution is -0.921. The maximum absolute atomic E-state index is 12.7. The Balaban J connectivity index is 2.96. The van der Waals surface area contributed by atoms with Gasteiger partial charge in [0.2, 0.25) is 0 Å². The summed E-state index contributed by atoms with van der Waals surface area (Å²) >= 11 is 0. The van der Waals surface area contributed by atoms with Crippen LogP contribution in [-0.2, 0) is 4.79 Å². The van der Waals surface area contributed by atoms with Crippen LogP contribution in [0.4, 0.5) is 5.69 Å². The number of likely N-dealkylation sites (N-methyl/N-ethyl adjacent to an activating group) is 1. The molecule has 0 heterocycles. The number of rotatable bonds is 6. The smallest absolute Gasteiger partial charge is 0.282 e. The van der Waals surface area contributed by atoms with Crippen molar-refractivity contribution in [2.45, 2.75) is 54.0 Å². The average Bonchev–Trinajstić information content (AvgIpc) is 2.41. The van der Waals surface area contributed by atoms with E-state index in [2.05, 4.69) is 59.1 Å². The fourth-order valence-corrected chi connectivity index (χ4v) is 3.02. The average molecular weight is 291 g/mol. The van der Waals surface area contributed by atoms with E-state index in [0.29, 0.717) is 0 Å². The molecule has 1 amide bonds. The minimum Gasteiger partial charge on any atom is -0.320 e. The Morgan fingerprint density at radius 3 is 2.14 bits per heavy atom. The van der Waals surface area contributed by atoms with Crippen LogP contribution in [0.3, 0.4) is 0 Å². The Morgan fingerprint density at radius 2 is 1.71 bits per heavy atom. The molecule has 0 aromatic heterocycles. The molecule has 0 saturated heterocycles. The van der Waals surface area contributed by atoms with Crippen molar-refractivity contribution in [2.24, 2.45) is 0 Å². The molecule has 2 unspecified atom stereocenters. The van der Waals surface area contributed by atoms with Gasteiger partial charge in [-0.25, -0.2) is 0 Å². The molecule has 1 aromatic rings. The molecule has 0 aliphatic heterocycles. The van der Waals surface area contributed by atoms with E-state index in [-0.39, 0.29) is 11.9 Å². The molecule has 3 heteroatoms. The minimum atomic E-state index is -0.0462. The number of carbonyl (C=O) groups is 1. The summed E-state index contributed by atoms with van der Waals surface area (Å²) in [6.07, 6.45) is 1.09. The highest BCUT2D eigenvalue weighted by Gasteiger charge is 2.32. The first kappa shape index (κ1) is 17.7. The van der Waals surface area contributed by atoms with Crippen LogP contribution >= 0.6 is 0 Å². The Morgan fingerprint density at radius 1 is 1.19 bits per heavy atom. The molecule has 1 aromatic carbocycles. The maximum Gasteiger partial charge on any atom is 0.282 e. The highest BCUT2D eigenvalue weighted by atomic mass is 16.2. The van der Waals surface area contributed by atoms with Gasteiger partial charge >= 0.3 is 0 Å². The Hall–Kier alpha value is -1.35. The number of aryl methyl sites for hydroxylation is 3. The van der Waals surface area contributed by atoms with Crippen LogP contribution in [0, 0.1) is 20.8 Å². The zero-order valence-corrected chi connectivity index (χ0v) is 14.7. The van der Waals surface area contributed by atoms with Crippen molar-refractivity contribution in [3.8, 4) is 0 Å². The maximum atomic E-state index is 12.7. The molecule has 2 atom stereocenters. The van der Waals surface area contributed by atoms with E-state index >= 15 is 0 Å². The molecule has 118 valence electrons. The second-order valence-corrected chi connectivity index (χ2v) is 6.46. The number of benzene rings is 1. The predicted octanol–water partition coefficient (Wildman–Crippen LogP) is 3.82. The highest BCUT2D eigenvalue weighted by molar-refractivity contribution is 5.95. The lowest BCUT2D eigenvalue weighted by Crippen LogP contribution is -2.56. The quantitative estimate of drug-likeness (QED) is 0.793. The summed E-state index contributed by atoms with van der Waals surface area (Å²) in [7, 11) is 2.17. The lowest BCUT2D eigenvalue weighted by Gasteiger charge is -2.38. The van der Waals surface area contributed by atoms with Crippen LogP contribution in [0.15, 0.2) is 12.1 Å². The first-order valence-electron chi connectivity index (χ1n) is 7.98. The molecule has 0 spiro atoms. The summed E-state index contributed by atoms with van der Waals surface area (Å²) in [5, 5.41) is 3.15. The topological polar surface area (TPSA) is 29.1 Å². The van der Waals surface area contributed by atoms with E-state index in [4.69, 9.17) is 0 Å². The summed E-state index contributed by atoms with van der Waals surface area (Å²) in [4.78, 5) is 12.7. The van der Waals surface area contributed by atoms with Gasteiger partial charge < -0.3 is 9.80 Å². The zero-order chi connectivity index (χ0) is 16.2. The monoisotopic (exact) mass is 291 g/mol. The minimum absolute atomic E-state index is 0.0462. The number of nitrogens with zero attached hydrogens (tertiary/aromatic N) is 1. The number of amides is 1. The molecular formula is C18H31N2O+. The van der Waals surface area contributed by atoms with Crippen LogP contribution < -0.4 is 5.32 Å². The van der Waals surface area contributed by atoms with Gasteiger partial charge in [0.1, 0.15) is 0 Å². The van der Waals surface area contributed by atoms with Gasteiger partial charge in [0, 0.05) is 5.69 Å². The van der Waals surface area contributed by atoms with E-state index < -0.39 is 0 Å².